The van der Waals surface area contributed by atoms with Crippen molar-refractivity contribution in [3.8, 4) is 0 Å². The van der Waals surface area contributed by atoms with E-state index < -0.39 is 59.2 Å². The molecule has 2 rings (SSSR count). The molecule has 49 heavy (non-hydrogen) atoms. The summed E-state index contributed by atoms with van der Waals surface area (Å²) in [5.74, 6) is 1.23. The molecule has 2 fully saturated rings. The van der Waals surface area contributed by atoms with Crippen molar-refractivity contribution in [1.29, 1.82) is 0 Å². The number of nitrogens with zero attached hydrogens (tertiary/aromatic N) is 1. The maximum Gasteiger partial charge on any atom is 0.186 e. The Balaban J connectivity index is 1.76. The predicted octanol–water partition coefficient (Wildman–Crippen LogP) is 6.27. The van der Waals surface area contributed by atoms with Gasteiger partial charge in [-0.25, -0.2) is 4.36 Å². The van der Waals surface area contributed by atoms with Gasteiger partial charge in [0.1, 0.15) is 30.5 Å². The molecule has 0 aromatic heterocycles. The number of ether oxygens (including phenoxy) is 3. The Bertz CT molecular complexity index is 912. The van der Waals surface area contributed by atoms with E-state index >= 15 is 0 Å². The summed E-state index contributed by atoms with van der Waals surface area (Å²) < 4.78 is 34.7. The molecule has 5 N–H and O–H groups in total. The van der Waals surface area contributed by atoms with Gasteiger partial charge in [0.15, 0.2) is 6.29 Å². The van der Waals surface area contributed by atoms with Gasteiger partial charge < -0.3 is 39.7 Å². The van der Waals surface area contributed by atoms with E-state index in [4.69, 9.17) is 14.2 Å². The summed E-state index contributed by atoms with van der Waals surface area (Å²) in [6.07, 6.45) is 20.8. The van der Waals surface area contributed by atoms with Crippen LogP contribution >= 0.6 is 0 Å². The maximum atomic E-state index is 13.6. The number of hydrogen-bond donors (Lipinski definition) is 5. The Morgan fingerprint density at radius 3 is 1.76 bits per heavy atom. The number of aliphatic hydroxyl groups is 5. The van der Waals surface area contributed by atoms with E-state index in [1.165, 1.54) is 103 Å². The highest BCUT2D eigenvalue weighted by Crippen LogP contribution is 2.24. The van der Waals surface area contributed by atoms with Crippen molar-refractivity contribution < 1.29 is 44.0 Å². The first-order chi connectivity index (χ1) is 23.7. The first kappa shape index (κ1) is 44.8. The van der Waals surface area contributed by atoms with Crippen molar-refractivity contribution in [3.05, 3.63) is 0 Å². The predicted molar refractivity (Wildman–Crippen MR) is 197 cm³/mol. The van der Waals surface area contributed by atoms with Crippen molar-refractivity contribution in [3.63, 3.8) is 0 Å². The molecule has 0 amide bonds. The summed E-state index contributed by atoms with van der Waals surface area (Å²) in [5.41, 5.74) is 0. The summed E-state index contributed by atoms with van der Waals surface area (Å²) in [7, 11) is -2.60. The number of hydrogen-bond acceptors (Lipinski definition) is 10. The van der Waals surface area contributed by atoms with Crippen molar-refractivity contribution >= 4 is 9.73 Å². The molecule has 0 saturated carbocycles. The van der Waals surface area contributed by atoms with Gasteiger partial charge >= 0.3 is 0 Å². The third-order valence-corrected chi connectivity index (χ3v) is 12.0. The van der Waals surface area contributed by atoms with Gasteiger partial charge in [0.05, 0.1) is 32.5 Å². The number of aliphatic hydroxyl groups excluding tert-OH is 5. The molecule has 0 aromatic carbocycles. The van der Waals surface area contributed by atoms with Crippen LogP contribution < -0.4 is 0 Å². The lowest BCUT2D eigenvalue weighted by atomic mass is 9.99. The minimum absolute atomic E-state index is 0.166. The highest BCUT2D eigenvalue weighted by Gasteiger charge is 2.44. The minimum Gasteiger partial charge on any atom is -0.394 e. The largest absolute Gasteiger partial charge is 0.394 e. The molecule has 8 atom stereocenters. The fourth-order valence-corrected chi connectivity index (χ4v) is 8.45. The Morgan fingerprint density at radius 2 is 1.24 bits per heavy atom. The molecule has 292 valence electrons. The lowest BCUT2D eigenvalue weighted by Gasteiger charge is -2.40. The second-order valence-corrected chi connectivity index (χ2v) is 17.5. The Kier molecular flexibility index (Phi) is 24.9. The van der Waals surface area contributed by atoms with E-state index in [1.54, 1.807) is 6.26 Å². The van der Waals surface area contributed by atoms with Gasteiger partial charge in [0.2, 0.25) is 0 Å². The molecule has 0 spiro atoms. The average Bonchev–Trinajstić information content (AvgIpc) is 3.06. The Hall–Kier alpha value is -0.370. The highest BCUT2D eigenvalue weighted by molar-refractivity contribution is 7.92. The van der Waals surface area contributed by atoms with E-state index in [9.17, 15) is 29.7 Å². The molecule has 2 aliphatic heterocycles. The number of unbranched alkanes of at least 4 members (excludes halogenated alkanes) is 19. The zero-order valence-electron chi connectivity index (χ0n) is 31.1. The second kappa shape index (κ2) is 27.3. The summed E-state index contributed by atoms with van der Waals surface area (Å²) in [6.45, 7) is 3.41. The normalized spacial score (nSPS) is 25.5. The summed E-state index contributed by atoms with van der Waals surface area (Å²) in [5, 5.41) is 51.4. The Morgan fingerprint density at radius 1 is 0.735 bits per heavy atom. The topological polar surface area (TPSA) is 158 Å². The van der Waals surface area contributed by atoms with Crippen LogP contribution in [-0.4, -0.2) is 111 Å². The van der Waals surface area contributed by atoms with Gasteiger partial charge in [-0.15, -0.1) is 0 Å². The molecule has 2 aliphatic rings. The quantitative estimate of drug-likeness (QED) is 0.0521. The smallest absolute Gasteiger partial charge is 0.186 e. The van der Waals surface area contributed by atoms with Crippen LogP contribution in [0.1, 0.15) is 155 Å². The number of rotatable bonds is 31. The van der Waals surface area contributed by atoms with Gasteiger partial charge in [-0.3, -0.25) is 4.21 Å². The van der Waals surface area contributed by atoms with Crippen LogP contribution in [0.4, 0.5) is 0 Å². The second-order valence-electron chi connectivity index (χ2n) is 15.0. The van der Waals surface area contributed by atoms with Crippen molar-refractivity contribution in [2.24, 2.45) is 10.3 Å². The zero-order valence-corrected chi connectivity index (χ0v) is 32.0. The molecule has 2 heterocycles. The molecule has 0 bridgehead atoms. The van der Waals surface area contributed by atoms with Crippen LogP contribution in [0.5, 0.6) is 0 Å². The van der Waals surface area contributed by atoms with E-state index in [1.807, 2.05) is 0 Å². The molecular formula is C38H75NO9S. The van der Waals surface area contributed by atoms with Crippen LogP contribution in [0.25, 0.3) is 0 Å². The third kappa shape index (κ3) is 19.9. The molecule has 0 aromatic rings. The molecule has 0 aliphatic carbocycles. The van der Waals surface area contributed by atoms with Crippen LogP contribution in [0.2, 0.25) is 0 Å². The fourth-order valence-electron chi connectivity index (χ4n) is 6.83. The summed E-state index contributed by atoms with van der Waals surface area (Å²) in [4.78, 5) is 0. The zero-order chi connectivity index (χ0) is 35.7. The van der Waals surface area contributed by atoms with Gasteiger partial charge in [-0.05, 0) is 19.3 Å². The van der Waals surface area contributed by atoms with Crippen molar-refractivity contribution in [2.45, 2.75) is 197 Å². The van der Waals surface area contributed by atoms with E-state index in [-0.39, 0.29) is 6.61 Å². The van der Waals surface area contributed by atoms with Gasteiger partial charge in [-0.2, -0.15) is 0 Å². The van der Waals surface area contributed by atoms with Crippen LogP contribution in [0.15, 0.2) is 4.36 Å². The average molecular weight is 722 g/mol. The monoisotopic (exact) mass is 722 g/mol. The van der Waals surface area contributed by atoms with E-state index in [0.717, 1.165) is 57.7 Å². The van der Waals surface area contributed by atoms with E-state index in [2.05, 4.69) is 11.3 Å². The summed E-state index contributed by atoms with van der Waals surface area (Å²) >= 11 is 0. The standard InChI is InChI=1S/C38H75NO9S/c1-3-4-5-6-7-8-9-10-11-12-16-19-22-25-33(41)32(30-47-38-37(44)36(43)35(42)34(27-40)48-38)39-49(2,45)26-23-20-17-14-13-15-18-21-24-31-28-46-29-31/h31-38,40-44H,3-30H2,1-2H3/t32-,33+,34?,35?,36?,37?,38?,49?/m0/s1. The van der Waals surface area contributed by atoms with Crippen LogP contribution in [-0.2, 0) is 23.9 Å². The van der Waals surface area contributed by atoms with Gasteiger partial charge in [-0.1, -0.05) is 135 Å². The molecule has 11 heteroatoms. The maximum absolute atomic E-state index is 13.6. The third-order valence-electron chi connectivity index (χ3n) is 10.3. The molecular weight excluding hydrogens is 646 g/mol. The fraction of sp³-hybridized carbons (Fsp3) is 1.00. The van der Waals surface area contributed by atoms with Gasteiger partial charge in [0, 0.05) is 27.7 Å². The van der Waals surface area contributed by atoms with Crippen molar-refractivity contribution in [1.82, 2.24) is 0 Å². The SMILES string of the molecule is CCCCCCCCCCCCCCC[C@@H](O)[C@H](COC1OC(CO)C(O)C(O)C1O)N=S(C)(=O)CCCCCCCCCCC1COC1. The molecule has 2 saturated heterocycles. The van der Waals surface area contributed by atoms with Crippen LogP contribution in [0.3, 0.4) is 0 Å². The first-order valence-electron chi connectivity index (χ1n) is 20.0. The Labute approximate surface area is 299 Å². The molecule has 6 unspecified atom stereocenters. The summed E-state index contributed by atoms with van der Waals surface area (Å²) in [6, 6.07) is -0.798. The first-order valence-corrected chi connectivity index (χ1v) is 22.1. The van der Waals surface area contributed by atoms with Crippen molar-refractivity contribution in [2.75, 3.05) is 38.4 Å². The lowest BCUT2D eigenvalue weighted by molar-refractivity contribution is -0.302. The lowest BCUT2D eigenvalue weighted by Crippen LogP contribution is -2.59. The molecule has 10 nitrogen and oxygen atoms in total. The molecule has 0 radical (unpaired) electrons. The van der Waals surface area contributed by atoms with Gasteiger partial charge in [0.25, 0.3) is 0 Å². The van der Waals surface area contributed by atoms with E-state index in [0.29, 0.717) is 12.2 Å². The minimum atomic E-state index is -2.60. The highest BCUT2D eigenvalue weighted by atomic mass is 32.2. The van der Waals surface area contributed by atoms with Crippen LogP contribution in [0, 0.1) is 5.92 Å².